The number of nitrogens with one attached hydrogen (secondary N) is 1. The quantitative estimate of drug-likeness (QED) is 0.710. The molecule has 2 N–H and O–H groups in total. The second-order valence-electron chi connectivity index (χ2n) is 3.21. The van der Waals surface area contributed by atoms with Crippen LogP contribution in [-0.2, 0) is 4.79 Å². The van der Waals surface area contributed by atoms with Crippen LogP contribution in [0, 0.1) is 5.92 Å². The van der Waals surface area contributed by atoms with Crippen LogP contribution in [0.3, 0.4) is 0 Å². The van der Waals surface area contributed by atoms with E-state index in [4.69, 9.17) is 5.11 Å². The second-order valence-corrected chi connectivity index (χ2v) is 3.21. The molecule has 0 unspecified atom stereocenters. The van der Waals surface area contributed by atoms with E-state index in [2.05, 4.69) is 0 Å². The first-order chi connectivity index (χ1) is 6.79. The predicted molar refractivity (Wildman–Crippen MR) is 42.2 cm³/mol. The Kier molecular flexibility index (Phi) is 3.06. The van der Waals surface area contributed by atoms with Gasteiger partial charge in [0.1, 0.15) is 6.54 Å². The Morgan fingerprint density at radius 2 is 1.93 bits per heavy atom. The van der Waals surface area contributed by atoms with Gasteiger partial charge in [0.05, 0.1) is 5.92 Å². The van der Waals surface area contributed by atoms with E-state index in [1.807, 2.05) is 0 Å². The number of rotatable bonds is 2. The summed E-state index contributed by atoms with van der Waals surface area (Å²) in [6.45, 7) is -1.49. The molecule has 0 bridgehead atoms. The van der Waals surface area contributed by atoms with Gasteiger partial charge >= 0.3 is 18.2 Å². The lowest BCUT2D eigenvalue weighted by Gasteiger charge is -2.36. The largest absolute Gasteiger partial charge is 0.481 e. The zero-order valence-corrected chi connectivity index (χ0v) is 7.54. The third-order valence-corrected chi connectivity index (χ3v) is 1.96. The van der Waals surface area contributed by atoms with Crippen molar-refractivity contribution in [2.45, 2.75) is 6.18 Å². The molecule has 0 saturated carbocycles. The van der Waals surface area contributed by atoms with Gasteiger partial charge in [-0.15, -0.1) is 0 Å². The van der Waals surface area contributed by atoms with Crippen LogP contribution in [0.25, 0.3) is 0 Å². The average molecular weight is 226 g/mol. The molecule has 2 amide bonds. The number of likely N-dealkylation sites (tertiary alicyclic amines) is 1. The summed E-state index contributed by atoms with van der Waals surface area (Å²) >= 11 is 0. The number of aliphatic carboxylic acids is 1. The molecule has 15 heavy (non-hydrogen) atoms. The highest BCUT2D eigenvalue weighted by atomic mass is 19.4. The fourth-order valence-corrected chi connectivity index (χ4v) is 1.09. The molecule has 8 heteroatoms. The molecule has 0 aromatic carbocycles. The topological polar surface area (TPSA) is 69.6 Å². The molecule has 0 atom stereocenters. The second kappa shape index (κ2) is 3.95. The Bertz CT molecular complexity index is 273. The first kappa shape index (κ1) is 11.6. The number of carboxylic acids is 1. The summed E-state index contributed by atoms with van der Waals surface area (Å²) in [4.78, 5) is 22.3. The van der Waals surface area contributed by atoms with Crippen LogP contribution < -0.4 is 5.32 Å². The van der Waals surface area contributed by atoms with Crippen molar-refractivity contribution < 1.29 is 27.9 Å². The molecule has 1 aliphatic rings. The van der Waals surface area contributed by atoms with E-state index in [0.29, 0.717) is 0 Å². The van der Waals surface area contributed by atoms with E-state index >= 15 is 0 Å². The number of urea groups is 1. The van der Waals surface area contributed by atoms with Crippen LogP contribution in [0.2, 0.25) is 0 Å². The number of amides is 2. The van der Waals surface area contributed by atoms with Crippen molar-refractivity contribution >= 4 is 12.0 Å². The van der Waals surface area contributed by atoms with Gasteiger partial charge in [-0.3, -0.25) is 4.79 Å². The maximum atomic E-state index is 11.7. The van der Waals surface area contributed by atoms with Gasteiger partial charge in [-0.2, -0.15) is 13.2 Å². The van der Waals surface area contributed by atoms with Crippen molar-refractivity contribution in [2.75, 3.05) is 19.6 Å². The molecule has 5 nitrogen and oxygen atoms in total. The van der Waals surface area contributed by atoms with Crippen molar-refractivity contribution in [3.05, 3.63) is 0 Å². The van der Waals surface area contributed by atoms with Gasteiger partial charge in [0.25, 0.3) is 0 Å². The molecule has 0 aromatic rings. The lowest BCUT2D eigenvalue weighted by Crippen LogP contribution is -2.57. The van der Waals surface area contributed by atoms with E-state index in [1.165, 1.54) is 0 Å². The number of carbonyl (C=O) groups is 2. The Balaban J connectivity index is 2.24. The van der Waals surface area contributed by atoms with Gasteiger partial charge in [-0.05, 0) is 0 Å². The number of carboxylic acid groups (broad SMARTS) is 1. The first-order valence-corrected chi connectivity index (χ1v) is 4.12. The molecule has 1 heterocycles. The monoisotopic (exact) mass is 226 g/mol. The van der Waals surface area contributed by atoms with Crippen molar-refractivity contribution in [3.63, 3.8) is 0 Å². The Hall–Kier alpha value is -1.47. The van der Waals surface area contributed by atoms with E-state index in [1.54, 1.807) is 5.32 Å². The minimum absolute atomic E-state index is 0.0426. The Morgan fingerprint density at radius 3 is 2.33 bits per heavy atom. The third-order valence-electron chi connectivity index (χ3n) is 1.96. The van der Waals surface area contributed by atoms with E-state index < -0.39 is 30.6 Å². The molecular weight excluding hydrogens is 217 g/mol. The zero-order chi connectivity index (χ0) is 11.6. The molecular formula is C7H9F3N2O3. The summed E-state index contributed by atoms with van der Waals surface area (Å²) in [7, 11) is 0. The highest BCUT2D eigenvalue weighted by Gasteiger charge is 2.37. The van der Waals surface area contributed by atoms with Gasteiger partial charge in [0.15, 0.2) is 0 Å². The molecule has 0 radical (unpaired) electrons. The van der Waals surface area contributed by atoms with Crippen molar-refractivity contribution in [2.24, 2.45) is 5.92 Å². The van der Waals surface area contributed by atoms with Crippen molar-refractivity contribution in [1.29, 1.82) is 0 Å². The van der Waals surface area contributed by atoms with Crippen LogP contribution >= 0.6 is 0 Å². The van der Waals surface area contributed by atoms with E-state index in [-0.39, 0.29) is 13.1 Å². The minimum Gasteiger partial charge on any atom is -0.481 e. The van der Waals surface area contributed by atoms with Crippen molar-refractivity contribution in [1.82, 2.24) is 10.2 Å². The summed E-state index contributed by atoms with van der Waals surface area (Å²) < 4.78 is 35.0. The fourth-order valence-electron chi connectivity index (χ4n) is 1.09. The van der Waals surface area contributed by atoms with Crippen molar-refractivity contribution in [3.8, 4) is 0 Å². The Morgan fingerprint density at radius 1 is 1.40 bits per heavy atom. The lowest BCUT2D eigenvalue weighted by atomic mass is 10.0. The van der Waals surface area contributed by atoms with Crippen LogP contribution in [0.5, 0.6) is 0 Å². The van der Waals surface area contributed by atoms with Gasteiger partial charge < -0.3 is 15.3 Å². The van der Waals surface area contributed by atoms with E-state index in [0.717, 1.165) is 4.90 Å². The maximum Gasteiger partial charge on any atom is 0.405 e. The van der Waals surface area contributed by atoms with Crippen LogP contribution in [0.4, 0.5) is 18.0 Å². The summed E-state index contributed by atoms with van der Waals surface area (Å²) in [5.74, 6) is -1.71. The average Bonchev–Trinajstić information content (AvgIpc) is 1.95. The normalized spacial score (nSPS) is 17.1. The number of halogens is 3. The molecule has 1 rings (SSSR count). The lowest BCUT2D eigenvalue weighted by molar-refractivity contribution is -0.146. The maximum absolute atomic E-state index is 11.7. The molecule has 0 aromatic heterocycles. The van der Waals surface area contributed by atoms with Gasteiger partial charge in [-0.25, -0.2) is 4.79 Å². The molecule has 0 aliphatic carbocycles. The number of hydrogen-bond donors (Lipinski definition) is 2. The summed E-state index contributed by atoms with van der Waals surface area (Å²) in [5.41, 5.74) is 0. The predicted octanol–water partition coefficient (Wildman–Crippen LogP) is 0.275. The highest BCUT2D eigenvalue weighted by Crippen LogP contribution is 2.16. The molecule has 1 saturated heterocycles. The van der Waals surface area contributed by atoms with Crippen LogP contribution in [-0.4, -0.2) is 47.8 Å². The first-order valence-electron chi connectivity index (χ1n) is 4.12. The number of carbonyl (C=O) groups excluding carboxylic acids is 1. The molecule has 1 fully saturated rings. The highest BCUT2D eigenvalue weighted by molar-refractivity contribution is 5.79. The number of nitrogens with zero attached hydrogens (tertiary/aromatic N) is 1. The Labute approximate surface area is 82.8 Å². The molecule has 1 aliphatic heterocycles. The third kappa shape index (κ3) is 3.30. The summed E-state index contributed by atoms with van der Waals surface area (Å²) in [6, 6.07) is -0.884. The zero-order valence-electron chi connectivity index (χ0n) is 7.54. The summed E-state index contributed by atoms with van der Waals surface area (Å²) in [6.07, 6.45) is -4.45. The standard InChI is InChI=1S/C7H9F3N2O3/c8-7(9,10)3-11-6(15)12-1-4(2-12)5(13)14/h4H,1-3H2,(H,11,15)(H,13,14). The van der Waals surface area contributed by atoms with Gasteiger partial charge in [-0.1, -0.05) is 0 Å². The minimum atomic E-state index is -4.45. The van der Waals surface area contributed by atoms with Gasteiger partial charge in [0.2, 0.25) is 0 Å². The van der Waals surface area contributed by atoms with Crippen LogP contribution in [0.1, 0.15) is 0 Å². The van der Waals surface area contributed by atoms with Crippen LogP contribution in [0.15, 0.2) is 0 Å². The van der Waals surface area contributed by atoms with E-state index in [9.17, 15) is 22.8 Å². The SMILES string of the molecule is O=C(O)C1CN(C(=O)NCC(F)(F)F)C1. The fraction of sp³-hybridized carbons (Fsp3) is 0.714. The number of hydrogen-bond acceptors (Lipinski definition) is 2. The smallest absolute Gasteiger partial charge is 0.405 e. The molecule has 0 spiro atoms. The number of alkyl halides is 3. The summed E-state index contributed by atoms with van der Waals surface area (Å²) in [5, 5.41) is 10.1. The van der Waals surface area contributed by atoms with Gasteiger partial charge in [0, 0.05) is 13.1 Å². The molecule has 86 valence electrons.